The third kappa shape index (κ3) is 3.77. The van der Waals surface area contributed by atoms with Gasteiger partial charge in [0.2, 0.25) is 0 Å². The van der Waals surface area contributed by atoms with Crippen molar-refractivity contribution in [2.24, 2.45) is 0 Å². The molecular formula is C20H14N4O2. The minimum Gasteiger partial charge on any atom is -0.456 e. The lowest BCUT2D eigenvalue weighted by Crippen LogP contribution is -2.07. The monoisotopic (exact) mass is 342 g/mol. The van der Waals surface area contributed by atoms with Gasteiger partial charge in [-0.25, -0.2) is 5.10 Å². The summed E-state index contributed by atoms with van der Waals surface area (Å²) in [7, 11) is 0. The first-order valence-electron chi connectivity index (χ1n) is 7.85. The van der Waals surface area contributed by atoms with E-state index in [4.69, 9.17) is 10.00 Å². The van der Waals surface area contributed by atoms with Crippen LogP contribution < -0.4 is 10.3 Å². The van der Waals surface area contributed by atoms with Crippen molar-refractivity contribution in [2.45, 2.75) is 13.3 Å². The molecule has 0 spiro atoms. The molecule has 0 bridgehead atoms. The van der Waals surface area contributed by atoms with Crippen molar-refractivity contribution in [2.75, 3.05) is 0 Å². The van der Waals surface area contributed by atoms with Gasteiger partial charge >= 0.3 is 0 Å². The number of aromatic amines is 1. The van der Waals surface area contributed by atoms with Gasteiger partial charge in [0.15, 0.2) is 0 Å². The Morgan fingerprint density at radius 3 is 2.58 bits per heavy atom. The molecule has 3 aromatic rings. The first-order chi connectivity index (χ1) is 12.6. The standard InChI is InChI=1S/C20H14N4O2/c1-13-2-3-14(8-17-6-7-20(25)24-23-17)9-18(13)26-19-10-15(11-21)4-5-16(19)12-22/h2-7,9-10H,8H2,1H3,(H,24,25). The van der Waals surface area contributed by atoms with Crippen molar-refractivity contribution < 1.29 is 4.74 Å². The Kier molecular flexibility index (Phi) is 4.78. The lowest BCUT2D eigenvalue weighted by atomic mass is 10.1. The van der Waals surface area contributed by atoms with Gasteiger partial charge in [0.05, 0.1) is 22.9 Å². The number of hydrogen-bond acceptors (Lipinski definition) is 5. The van der Waals surface area contributed by atoms with E-state index in [0.29, 0.717) is 29.0 Å². The molecule has 6 nitrogen and oxygen atoms in total. The summed E-state index contributed by atoms with van der Waals surface area (Å²) in [4.78, 5) is 11.1. The number of hydrogen-bond donors (Lipinski definition) is 1. The van der Waals surface area contributed by atoms with E-state index in [1.807, 2.05) is 31.2 Å². The van der Waals surface area contributed by atoms with E-state index in [1.165, 1.54) is 6.07 Å². The molecule has 0 radical (unpaired) electrons. The summed E-state index contributed by atoms with van der Waals surface area (Å²) < 4.78 is 5.92. The van der Waals surface area contributed by atoms with Gasteiger partial charge in [0.1, 0.15) is 17.6 Å². The molecule has 0 aliphatic carbocycles. The van der Waals surface area contributed by atoms with Crippen molar-refractivity contribution in [1.29, 1.82) is 10.5 Å². The molecule has 0 saturated carbocycles. The SMILES string of the molecule is Cc1ccc(Cc2ccc(=O)[nH]n2)cc1Oc1cc(C#N)ccc1C#N. The molecule has 0 saturated heterocycles. The van der Waals surface area contributed by atoms with E-state index in [0.717, 1.165) is 16.8 Å². The van der Waals surface area contributed by atoms with E-state index in [-0.39, 0.29) is 5.56 Å². The Bertz CT molecular complexity index is 1080. The molecule has 1 aromatic heterocycles. The molecule has 26 heavy (non-hydrogen) atoms. The minimum atomic E-state index is -0.247. The average molecular weight is 342 g/mol. The maximum atomic E-state index is 11.1. The molecule has 0 unspecified atom stereocenters. The summed E-state index contributed by atoms with van der Waals surface area (Å²) in [5.41, 5.74) is 3.10. The van der Waals surface area contributed by atoms with Crippen LogP contribution >= 0.6 is 0 Å². The minimum absolute atomic E-state index is 0.247. The molecule has 1 N–H and O–H groups in total. The largest absolute Gasteiger partial charge is 0.456 e. The van der Waals surface area contributed by atoms with Crippen molar-refractivity contribution >= 4 is 0 Å². The number of H-pyrrole nitrogens is 1. The molecule has 0 aliphatic rings. The smallest absolute Gasteiger partial charge is 0.264 e. The highest BCUT2D eigenvalue weighted by Crippen LogP contribution is 2.29. The first kappa shape index (κ1) is 16.9. The second kappa shape index (κ2) is 7.33. The van der Waals surface area contributed by atoms with Crippen LogP contribution in [0.3, 0.4) is 0 Å². The third-order valence-corrected chi connectivity index (χ3v) is 3.83. The molecule has 0 amide bonds. The number of nitrogens with one attached hydrogen (secondary N) is 1. The molecule has 3 rings (SSSR count). The molecule has 6 heteroatoms. The molecule has 2 aromatic carbocycles. The van der Waals surface area contributed by atoms with Crippen LogP contribution in [0.1, 0.15) is 27.9 Å². The van der Waals surface area contributed by atoms with Gasteiger partial charge in [0, 0.05) is 12.5 Å². The molecule has 0 atom stereocenters. The highest BCUT2D eigenvalue weighted by Gasteiger charge is 2.10. The Morgan fingerprint density at radius 2 is 1.88 bits per heavy atom. The number of aromatic nitrogens is 2. The highest BCUT2D eigenvalue weighted by atomic mass is 16.5. The van der Waals surface area contributed by atoms with Crippen LogP contribution in [0, 0.1) is 29.6 Å². The van der Waals surface area contributed by atoms with Crippen LogP contribution in [0.2, 0.25) is 0 Å². The van der Waals surface area contributed by atoms with E-state index < -0.39 is 0 Å². The second-order valence-corrected chi connectivity index (χ2v) is 5.73. The van der Waals surface area contributed by atoms with E-state index in [1.54, 1.807) is 24.3 Å². The van der Waals surface area contributed by atoms with E-state index in [2.05, 4.69) is 16.3 Å². The summed E-state index contributed by atoms with van der Waals surface area (Å²) >= 11 is 0. The van der Waals surface area contributed by atoms with E-state index in [9.17, 15) is 10.1 Å². The summed E-state index contributed by atoms with van der Waals surface area (Å²) in [6.07, 6.45) is 0.525. The number of benzene rings is 2. The zero-order chi connectivity index (χ0) is 18.5. The quantitative estimate of drug-likeness (QED) is 0.784. The van der Waals surface area contributed by atoms with Crippen LogP contribution in [0.4, 0.5) is 0 Å². The van der Waals surface area contributed by atoms with Crippen molar-refractivity contribution in [1.82, 2.24) is 10.2 Å². The van der Waals surface area contributed by atoms with Gasteiger partial charge in [0.25, 0.3) is 5.56 Å². The van der Waals surface area contributed by atoms with Gasteiger partial charge < -0.3 is 4.74 Å². The fourth-order valence-corrected chi connectivity index (χ4v) is 2.43. The number of rotatable bonds is 4. The maximum absolute atomic E-state index is 11.1. The predicted octanol–water partition coefficient (Wildman–Crippen LogP) is 3.20. The molecule has 1 heterocycles. The number of nitrogens with zero attached hydrogens (tertiary/aromatic N) is 3. The van der Waals surface area contributed by atoms with Gasteiger partial charge in [-0.3, -0.25) is 4.79 Å². The van der Waals surface area contributed by atoms with Gasteiger partial charge in [-0.1, -0.05) is 12.1 Å². The van der Waals surface area contributed by atoms with Crippen molar-refractivity contribution in [3.63, 3.8) is 0 Å². The van der Waals surface area contributed by atoms with Crippen molar-refractivity contribution in [3.05, 3.63) is 86.8 Å². The maximum Gasteiger partial charge on any atom is 0.264 e. The lowest BCUT2D eigenvalue weighted by Gasteiger charge is -2.12. The van der Waals surface area contributed by atoms with Gasteiger partial charge in [-0.15, -0.1) is 0 Å². The summed E-state index contributed by atoms with van der Waals surface area (Å²) in [6.45, 7) is 1.90. The zero-order valence-corrected chi connectivity index (χ0v) is 14.0. The Balaban J connectivity index is 1.91. The summed E-state index contributed by atoms with van der Waals surface area (Å²) in [6, 6.07) is 17.6. The van der Waals surface area contributed by atoms with Crippen LogP contribution in [0.25, 0.3) is 0 Å². The van der Waals surface area contributed by atoms with Crippen LogP contribution in [-0.4, -0.2) is 10.2 Å². The fraction of sp³-hybridized carbons (Fsp3) is 0.100. The Labute approximate surface area is 149 Å². The molecule has 126 valence electrons. The van der Waals surface area contributed by atoms with Crippen LogP contribution in [-0.2, 0) is 6.42 Å². The lowest BCUT2D eigenvalue weighted by molar-refractivity contribution is 0.476. The van der Waals surface area contributed by atoms with Crippen molar-refractivity contribution in [3.8, 4) is 23.6 Å². The Hall–Kier alpha value is -3.90. The van der Waals surface area contributed by atoms with Crippen LogP contribution in [0.15, 0.2) is 53.3 Å². The Morgan fingerprint density at radius 1 is 1.04 bits per heavy atom. The summed E-state index contributed by atoms with van der Waals surface area (Å²) in [5.74, 6) is 0.937. The second-order valence-electron chi connectivity index (χ2n) is 5.73. The third-order valence-electron chi connectivity index (χ3n) is 3.83. The van der Waals surface area contributed by atoms with Crippen LogP contribution in [0.5, 0.6) is 11.5 Å². The first-order valence-corrected chi connectivity index (χ1v) is 7.85. The van der Waals surface area contributed by atoms with E-state index >= 15 is 0 Å². The molecule has 0 fully saturated rings. The number of nitriles is 2. The topological polar surface area (TPSA) is 103 Å². The number of aryl methyl sites for hydroxylation is 1. The highest BCUT2D eigenvalue weighted by molar-refractivity contribution is 5.51. The fourth-order valence-electron chi connectivity index (χ4n) is 2.43. The number of ether oxygens (including phenoxy) is 1. The zero-order valence-electron chi connectivity index (χ0n) is 14.0. The molecule has 0 aliphatic heterocycles. The summed E-state index contributed by atoms with van der Waals surface area (Å²) in [5, 5.41) is 24.7. The molecular weight excluding hydrogens is 328 g/mol. The predicted molar refractivity (Wildman–Crippen MR) is 94.8 cm³/mol. The average Bonchev–Trinajstić information content (AvgIpc) is 2.66. The normalized spacial score (nSPS) is 9.96. The van der Waals surface area contributed by atoms with Gasteiger partial charge in [-0.05, 0) is 48.4 Å². The van der Waals surface area contributed by atoms with Gasteiger partial charge in [-0.2, -0.15) is 15.6 Å².